The van der Waals surface area contributed by atoms with Crippen molar-refractivity contribution in [1.82, 2.24) is 14.8 Å². The molecule has 0 fully saturated rings. The largest absolute Gasteiger partial charge is 0.311 e. The van der Waals surface area contributed by atoms with E-state index in [0.29, 0.717) is 24.4 Å². The van der Waals surface area contributed by atoms with Gasteiger partial charge in [-0.25, -0.2) is 12.8 Å². The van der Waals surface area contributed by atoms with Gasteiger partial charge in [0.15, 0.2) is 5.82 Å². The first kappa shape index (κ1) is 24.2. The number of halogens is 2. The molecule has 0 radical (unpaired) electrons. The van der Waals surface area contributed by atoms with Gasteiger partial charge < -0.3 is 4.57 Å². The van der Waals surface area contributed by atoms with E-state index in [-0.39, 0.29) is 28.1 Å². The molecule has 0 bridgehead atoms. The fraction of sp³-hybridized carbons (Fsp3) is 0.391. The Kier molecular flexibility index (Phi) is 7.56. The summed E-state index contributed by atoms with van der Waals surface area (Å²) in [7, 11) is -3.95. The fourth-order valence-electron chi connectivity index (χ4n) is 3.57. The van der Waals surface area contributed by atoms with Crippen LogP contribution in [0.15, 0.2) is 47.4 Å². The maximum absolute atomic E-state index is 14.7. The number of nitrogens with zero attached hydrogens (tertiary/aromatic N) is 4. The molecule has 1 aromatic heterocycles. The van der Waals surface area contributed by atoms with E-state index in [1.54, 1.807) is 18.2 Å². The summed E-state index contributed by atoms with van der Waals surface area (Å²) in [5.74, 6) is 0.638. The van der Waals surface area contributed by atoms with Crippen LogP contribution in [0.1, 0.15) is 52.3 Å². The van der Waals surface area contributed by atoms with E-state index in [1.165, 1.54) is 28.6 Å². The first-order chi connectivity index (χ1) is 15.2. The zero-order valence-electron chi connectivity index (χ0n) is 18.7. The van der Waals surface area contributed by atoms with Crippen molar-refractivity contribution in [3.05, 3.63) is 59.1 Å². The second kappa shape index (κ2) is 10.0. The van der Waals surface area contributed by atoms with E-state index in [2.05, 4.69) is 10.2 Å². The highest BCUT2D eigenvalue weighted by atomic mass is 35.5. The monoisotopic (exact) mass is 478 g/mol. The lowest BCUT2D eigenvalue weighted by atomic mass is 10.1. The molecule has 0 saturated heterocycles. The quantitative estimate of drug-likeness (QED) is 0.385. The van der Waals surface area contributed by atoms with Gasteiger partial charge in [0.05, 0.1) is 15.6 Å². The normalized spacial score (nSPS) is 11.8. The van der Waals surface area contributed by atoms with Crippen LogP contribution in [0, 0.1) is 5.82 Å². The van der Waals surface area contributed by atoms with Gasteiger partial charge in [-0.05, 0) is 31.5 Å². The van der Waals surface area contributed by atoms with Crippen LogP contribution in [0.4, 0.5) is 10.1 Å². The van der Waals surface area contributed by atoms with Crippen molar-refractivity contribution >= 4 is 27.3 Å². The predicted molar refractivity (Wildman–Crippen MR) is 126 cm³/mol. The minimum atomic E-state index is -3.95. The number of hydrogen-bond donors (Lipinski definition) is 0. The highest BCUT2D eigenvalue weighted by Gasteiger charge is 2.29. The molecule has 2 aromatic carbocycles. The molecule has 0 atom stereocenters. The standard InChI is InChI=1S/C23H28ClFN4O2S/c1-5-7-13-29(32(30,31)17-11-9-8-10-12-17)21-15-20(25)19(24)14-18(21)23-27-26-22(16(3)4)28(23)6-2/h8-12,14-16H,5-7,13H2,1-4H3. The van der Waals surface area contributed by atoms with Gasteiger partial charge in [-0.2, -0.15) is 0 Å². The average molecular weight is 479 g/mol. The lowest BCUT2D eigenvalue weighted by molar-refractivity contribution is 0.588. The number of sulfonamides is 1. The van der Waals surface area contributed by atoms with Gasteiger partial charge in [-0.15, -0.1) is 10.2 Å². The summed E-state index contributed by atoms with van der Waals surface area (Å²) >= 11 is 6.14. The zero-order valence-corrected chi connectivity index (χ0v) is 20.3. The van der Waals surface area contributed by atoms with E-state index in [9.17, 15) is 12.8 Å². The van der Waals surface area contributed by atoms with Gasteiger partial charge in [-0.3, -0.25) is 4.31 Å². The maximum Gasteiger partial charge on any atom is 0.264 e. The minimum Gasteiger partial charge on any atom is -0.311 e. The number of aromatic nitrogens is 3. The molecule has 0 N–H and O–H groups in total. The summed E-state index contributed by atoms with van der Waals surface area (Å²) in [6.07, 6.45) is 1.38. The van der Waals surface area contributed by atoms with Crippen molar-refractivity contribution in [3.63, 3.8) is 0 Å². The number of benzene rings is 2. The Morgan fingerprint density at radius 3 is 2.41 bits per heavy atom. The van der Waals surface area contributed by atoms with E-state index >= 15 is 0 Å². The van der Waals surface area contributed by atoms with Crippen LogP contribution in [-0.4, -0.2) is 29.7 Å². The van der Waals surface area contributed by atoms with Crippen LogP contribution in [-0.2, 0) is 16.6 Å². The molecule has 32 heavy (non-hydrogen) atoms. The van der Waals surface area contributed by atoms with Gasteiger partial charge in [0.2, 0.25) is 0 Å². The summed E-state index contributed by atoms with van der Waals surface area (Å²) in [6.45, 7) is 8.71. The van der Waals surface area contributed by atoms with Crippen LogP contribution in [0.2, 0.25) is 5.02 Å². The maximum atomic E-state index is 14.7. The lowest BCUT2D eigenvalue weighted by Gasteiger charge is -2.27. The zero-order chi connectivity index (χ0) is 23.5. The molecule has 0 aliphatic heterocycles. The second-order valence-corrected chi connectivity index (χ2v) is 10.1. The van der Waals surface area contributed by atoms with Crippen molar-refractivity contribution < 1.29 is 12.8 Å². The van der Waals surface area contributed by atoms with Gasteiger partial charge in [-0.1, -0.05) is 57.0 Å². The molecule has 6 nitrogen and oxygen atoms in total. The molecule has 0 aliphatic carbocycles. The molecule has 0 aliphatic rings. The highest BCUT2D eigenvalue weighted by Crippen LogP contribution is 2.38. The number of hydrogen-bond acceptors (Lipinski definition) is 4. The smallest absolute Gasteiger partial charge is 0.264 e. The van der Waals surface area contributed by atoms with E-state index in [4.69, 9.17) is 11.6 Å². The molecule has 0 unspecified atom stereocenters. The molecule has 0 amide bonds. The van der Waals surface area contributed by atoms with Crippen LogP contribution in [0.5, 0.6) is 0 Å². The van der Waals surface area contributed by atoms with Crippen molar-refractivity contribution in [1.29, 1.82) is 0 Å². The first-order valence-electron chi connectivity index (χ1n) is 10.7. The lowest BCUT2D eigenvalue weighted by Crippen LogP contribution is -2.32. The fourth-order valence-corrected chi connectivity index (χ4v) is 5.27. The molecule has 172 valence electrons. The minimum absolute atomic E-state index is 0.104. The third kappa shape index (κ3) is 4.66. The molecule has 0 spiro atoms. The Balaban J connectivity index is 2.28. The van der Waals surface area contributed by atoms with Crippen molar-refractivity contribution in [2.24, 2.45) is 0 Å². The van der Waals surface area contributed by atoms with Crippen LogP contribution in [0.3, 0.4) is 0 Å². The van der Waals surface area contributed by atoms with Gasteiger partial charge in [0.25, 0.3) is 10.0 Å². The number of unbranched alkanes of at least 4 members (excludes halogenated alkanes) is 1. The summed E-state index contributed by atoms with van der Waals surface area (Å²) in [4.78, 5) is 0.136. The highest BCUT2D eigenvalue weighted by molar-refractivity contribution is 7.92. The molecule has 1 heterocycles. The Labute approximate surface area is 194 Å². The van der Waals surface area contributed by atoms with Gasteiger partial charge in [0, 0.05) is 30.6 Å². The third-order valence-corrected chi connectivity index (χ3v) is 7.32. The van der Waals surface area contributed by atoms with E-state index in [0.717, 1.165) is 12.2 Å². The van der Waals surface area contributed by atoms with Crippen LogP contribution in [0.25, 0.3) is 11.4 Å². The summed E-state index contributed by atoms with van der Waals surface area (Å²) in [6, 6.07) is 10.8. The van der Waals surface area contributed by atoms with Gasteiger partial charge in [0.1, 0.15) is 11.6 Å². The topological polar surface area (TPSA) is 68.1 Å². The molecule has 3 aromatic rings. The van der Waals surface area contributed by atoms with Gasteiger partial charge >= 0.3 is 0 Å². The van der Waals surface area contributed by atoms with Crippen LogP contribution < -0.4 is 4.31 Å². The molecular formula is C23H28ClFN4O2S. The Bertz CT molecular complexity index is 1180. The summed E-state index contributed by atoms with van der Waals surface area (Å²) in [5, 5.41) is 8.54. The summed E-state index contributed by atoms with van der Waals surface area (Å²) in [5.41, 5.74) is 0.620. The second-order valence-electron chi connectivity index (χ2n) is 7.81. The number of anilines is 1. The van der Waals surface area contributed by atoms with Crippen LogP contribution >= 0.6 is 11.6 Å². The van der Waals surface area contributed by atoms with Crippen molar-refractivity contribution in [2.45, 2.75) is 57.9 Å². The van der Waals surface area contributed by atoms with Crippen molar-refractivity contribution in [2.75, 3.05) is 10.8 Å². The molecule has 0 saturated carbocycles. The average Bonchev–Trinajstić information content (AvgIpc) is 3.21. The Morgan fingerprint density at radius 2 is 1.81 bits per heavy atom. The van der Waals surface area contributed by atoms with E-state index in [1.807, 2.05) is 32.3 Å². The number of rotatable bonds is 9. The third-order valence-electron chi connectivity index (χ3n) is 5.21. The summed E-state index contributed by atoms with van der Waals surface area (Å²) < 4.78 is 45.1. The predicted octanol–water partition coefficient (Wildman–Crippen LogP) is 5.88. The van der Waals surface area contributed by atoms with E-state index < -0.39 is 15.8 Å². The molecule has 3 rings (SSSR count). The van der Waals surface area contributed by atoms with Crippen molar-refractivity contribution in [3.8, 4) is 11.4 Å². The molecule has 9 heteroatoms. The Hall–Kier alpha value is -2.45. The molecular weight excluding hydrogens is 451 g/mol. The first-order valence-corrected chi connectivity index (χ1v) is 12.5. The Morgan fingerprint density at radius 1 is 1.12 bits per heavy atom. The SMILES string of the molecule is CCCCN(c1cc(F)c(Cl)cc1-c1nnc(C(C)C)n1CC)S(=O)(=O)c1ccccc1.